The molecule has 1 fully saturated rings. The summed E-state index contributed by atoms with van der Waals surface area (Å²) in [5.74, 6) is -1.99. The number of aliphatic hydroxyl groups is 1. The van der Waals surface area contributed by atoms with Gasteiger partial charge in [-0.3, -0.25) is 9.69 Å². The van der Waals surface area contributed by atoms with Crippen LogP contribution in [0.1, 0.15) is 27.7 Å². The van der Waals surface area contributed by atoms with Gasteiger partial charge in [-0.15, -0.1) is 0 Å². The third-order valence-corrected chi connectivity index (χ3v) is 3.93. The molecular formula is C17H26N2O7. The molecule has 2 aliphatic heterocycles. The normalized spacial score (nSPS) is 21.2. The average Bonchev–Trinajstić information content (AvgIpc) is 2.82. The van der Waals surface area contributed by atoms with Crippen molar-refractivity contribution in [2.75, 3.05) is 39.5 Å². The first-order valence-corrected chi connectivity index (χ1v) is 8.60. The predicted molar refractivity (Wildman–Crippen MR) is 90.4 cm³/mol. The maximum Gasteiger partial charge on any atom is 0.410 e. The summed E-state index contributed by atoms with van der Waals surface area (Å²) in [6, 6.07) is -0.433. The number of hydrogen-bond acceptors (Lipinski definition) is 7. The molecule has 9 heteroatoms. The Balaban J connectivity index is 2.05. The summed E-state index contributed by atoms with van der Waals surface area (Å²) >= 11 is 0. The number of nitrogens with zero attached hydrogens (tertiary/aromatic N) is 2. The molecule has 0 aromatic carbocycles. The molecule has 1 atom stereocenters. The van der Waals surface area contributed by atoms with Crippen LogP contribution in [0.25, 0.3) is 0 Å². The Bertz CT molecular complexity index is 609. The third kappa shape index (κ3) is 4.66. The summed E-state index contributed by atoms with van der Waals surface area (Å²) in [6.45, 7) is 8.11. The van der Waals surface area contributed by atoms with E-state index >= 15 is 0 Å². The lowest BCUT2D eigenvalue weighted by atomic mass is 10.2. The molecule has 2 aliphatic rings. The molecule has 0 aromatic rings. The fourth-order valence-electron chi connectivity index (χ4n) is 2.76. The standard InChI is InChI=1S/C17H26N2O7/c1-5-25-15(22)12-9-18(14(21)13(12)20)8-11-10-24-7-6-19(11)16(23)26-17(2,3)4/h11,20H,5-10H2,1-4H3/t11-/m1/s1. The second-order valence-electron chi connectivity index (χ2n) is 7.14. The van der Waals surface area contributed by atoms with E-state index in [-0.39, 0.29) is 31.9 Å². The van der Waals surface area contributed by atoms with Crippen LogP contribution in [0.3, 0.4) is 0 Å². The van der Waals surface area contributed by atoms with Crippen molar-refractivity contribution in [1.82, 2.24) is 9.80 Å². The quantitative estimate of drug-likeness (QED) is 0.731. The van der Waals surface area contributed by atoms with E-state index in [0.717, 1.165) is 0 Å². The molecule has 0 saturated carbocycles. The van der Waals surface area contributed by atoms with Crippen LogP contribution in [0, 0.1) is 0 Å². The minimum Gasteiger partial charge on any atom is -0.503 e. The van der Waals surface area contributed by atoms with Gasteiger partial charge in [-0.1, -0.05) is 0 Å². The van der Waals surface area contributed by atoms with Crippen molar-refractivity contribution in [2.45, 2.75) is 39.3 Å². The van der Waals surface area contributed by atoms with Crippen LogP contribution in [0.15, 0.2) is 11.3 Å². The van der Waals surface area contributed by atoms with Gasteiger partial charge in [-0.25, -0.2) is 9.59 Å². The van der Waals surface area contributed by atoms with Crippen molar-refractivity contribution >= 4 is 18.0 Å². The Morgan fingerprint density at radius 1 is 1.35 bits per heavy atom. The molecule has 1 N–H and O–H groups in total. The van der Waals surface area contributed by atoms with Gasteiger partial charge in [0.1, 0.15) is 11.2 Å². The van der Waals surface area contributed by atoms with Crippen LogP contribution in [0.4, 0.5) is 4.79 Å². The maximum absolute atomic E-state index is 12.4. The first-order chi connectivity index (χ1) is 12.1. The highest BCUT2D eigenvalue weighted by Gasteiger charge is 2.39. The molecule has 0 aliphatic carbocycles. The molecule has 0 radical (unpaired) electrons. The number of hydrogen-bond donors (Lipinski definition) is 1. The zero-order valence-electron chi connectivity index (χ0n) is 15.6. The molecule has 0 bridgehead atoms. The summed E-state index contributed by atoms with van der Waals surface area (Å²) in [5.41, 5.74) is -0.710. The molecule has 9 nitrogen and oxygen atoms in total. The van der Waals surface area contributed by atoms with Gasteiger partial charge < -0.3 is 24.2 Å². The minimum atomic E-state index is -0.718. The van der Waals surface area contributed by atoms with E-state index in [1.165, 1.54) is 9.80 Å². The highest BCUT2D eigenvalue weighted by atomic mass is 16.6. The van der Waals surface area contributed by atoms with Crippen molar-refractivity contribution < 1.29 is 33.7 Å². The summed E-state index contributed by atoms with van der Waals surface area (Å²) in [7, 11) is 0. The van der Waals surface area contributed by atoms with Gasteiger partial charge in [0, 0.05) is 13.1 Å². The SMILES string of the molecule is CCOC(=O)C1=C(O)C(=O)N(C[C@@H]2COCCN2C(=O)OC(C)(C)C)C1. The Morgan fingerprint density at radius 2 is 2.04 bits per heavy atom. The summed E-state index contributed by atoms with van der Waals surface area (Å²) in [4.78, 5) is 39.3. The number of morpholine rings is 1. The molecule has 2 heterocycles. The van der Waals surface area contributed by atoms with Crippen molar-refractivity contribution in [3.8, 4) is 0 Å². The van der Waals surface area contributed by atoms with E-state index in [1.807, 2.05) is 0 Å². The van der Waals surface area contributed by atoms with E-state index in [4.69, 9.17) is 14.2 Å². The van der Waals surface area contributed by atoms with Crippen LogP contribution in [-0.4, -0.2) is 84.0 Å². The molecule has 26 heavy (non-hydrogen) atoms. The summed E-state index contributed by atoms with van der Waals surface area (Å²) in [6.07, 6.45) is -0.486. The summed E-state index contributed by atoms with van der Waals surface area (Å²) in [5, 5.41) is 9.93. The Morgan fingerprint density at radius 3 is 2.65 bits per heavy atom. The van der Waals surface area contributed by atoms with Gasteiger partial charge in [0.2, 0.25) is 0 Å². The summed E-state index contributed by atoms with van der Waals surface area (Å²) < 4.78 is 15.7. The number of aliphatic hydroxyl groups excluding tert-OH is 1. The van der Waals surface area contributed by atoms with E-state index in [0.29, 0.717) is 13.2 Å². The second-order valence-corrected chi connectivity index (χ2v) is 7.14. The van der Waals surface area contributed by atoms with Crippen molar-refractivity contribution in [1.29, 1.82) is 0 Å². The van der Waals surface area contributed by atoms with Gasteiger partial charge >= 0.3 is 12.1 Å². The zero-order chi connectivity index (χ0) is 19.5. The van der Waals surface area contributed by atoms with Crippen molar-refractivity contribution in [3.63, 3.8) is 0 Å². The third-order valence-electron chi connectivity index (χ3n) is 3.93. The highest BCUT2D eigenvalue weighted by Crippen LogP contribution is 2.21. The molecule has 2 amide bonds. The lowest BCUT2D eigenvalue weighted by Gasteiger charge is -2.38. The van der Waals surface area contributed by atoms with Crippen LogP contribution >= 0.6 is 0 Å². The van der Waals surface area contributed by atoms with Gasteiger partial charge in [-0.05, 0) is 27.7 Å². The van der Waals surface area contributed by atoms with Crippen molar-refractivity contribution in [3.05, 3.63) is 11.3 Å². The lowest BCUT2D eigenvalue weighted by Crippen LogP contribution is -2.55. The van der Waals surface area contributed by atoms with Gasteiger partial charge in [-0.2, -0.15) is 0 Å². The molecule has 0 spiro atoms. The van der Waals surface area contributed by atoms with Crippen LogP contribution in [0.5, 0.6) is 0 Å². The van der Waals surface area contributed by atoms with E-state index in [1.54, 1.807) is 27.7 Å². The molecule has 0 unspecified atom stereocenters. The van der Waals surface area contributed by atoms with E-state index in [9.17, 15) is 19.5 Å². The highest BCUT2D eigenvalue weighted by molar-refractivity contribution is 6.05. The Labute approximate surface area is 152 Å². The maximum atomic E-state index is 12.4. The van der Waals surface area contributed by atoms with E-state index in [2.05, 4.69) is 0 Å². The predicted octanol–water partition coefficient (Wildman–Crippen LogP) is 0.840. The fourth-order valence-corrected chi connectivity index (χ4v) is 2.76. The van der Waals surface area contributed by atoms with Gasteiger partial charge in [0.15, 0.2) is 5.76 Å². The first-order valence-electron chi connectivity index (χ1n) is 8.60. The Hall–Kier alpha value is -2.29. The average molecular weight is 370 g/mol. The van der Waals surface area contributed by atoms with Gasteiger partial charge in [0.05, 0.1) is 32.4 Å². The second kappa shape index (κ2) is 7.94. The van der Waals surface area contributed by atoms with Crippen LogP contribution < -0.4 is 0 Å². The van der Waals surface area contributed by atoms with Gasteiger partial charge in [0.25, 0.3) is 5.91 Å². The topological polar surface area (TPSA) is 106 Å². The van der Waals surface area contributed by atoms with Crippen LogP contribution in [-0.2, 0) is 23.8 Å². The fraction of sp³-hybridized carbons (Fsp3) is 0.706. The molecule has 2 rings (SSSR count). The Kier molecular flexibility index (Phi) is 6.12. The number of rotatable bonds is 4. The first kappa shape index (κ1) is 20.0. The molecule has 1 saturated heterocycles. The zero-order valence-corrected chi connectivity index (χ0v) is 15.6. The molecular weight excluding hydrogens is 344 g/mol. The number of carbonyl (C=O) groups excluding carboxylic acids is 3. The monoisotopic (exact) mass is 370 g/mol. The minimum absolute atomic E-state index is 0.0673. The van der Waals surface area contributed by atoms with Crippen molar-refractivity contribution in [2.24, 2.45) is 0 Å². The largest absolute Gasteiger partial charge is 0.503 e. The molecule has 0 aromatic heterocycles. The smallest absolute Gasteiger partial charge is 0.410 e. The lowest BCUT2D eigenvalue weighted by molar-refractivity contribution is -0.138. The number of ether oxygens (including phenoxy) is 3. The van der Waals surface area contributed by atoms with Crippen LogP contribution in [0.2, 0.25) is 0 Å². The number of esters is 1. The number of amides is 2. The number of carbonyl (C=O) groups is 3. The molecule has 146 valence electrons. The van der Waals surface area contributed by atoms with E-state index < -0.39 is 35.4 Å².